The Bertz CT molecular complexity index is 425. The first-order valence-electron chi connectivity index (χ1n) is 8.60. The number of rotatable bonds is 3. The summed E-state index contributed by atoms with van der Waals surface area (Å²) in [6.45, 7) is 3.22. The van der Waals surface area contributed by atoms with Gasteiger partial charge in [-0.3, -0.25) is 4.90 Å². The standard InChI is InChI=1S/C17H28N4/c18-16-7-4-9-21(10-8-16)13-14-11-19-17(20-12-14)15-5-2-1-3-6-15/h11-12,15-16H,1-10,13,18H2. The number of aromatic nitrogens is 2. The molecule has 1 aromatic heterocycles. The van der Waals surface area contributed by atoms with Crippen LogP contribution in [0.3, 0.4) is 0 Å². The van der Waals surface area contributed by atoms with Crippen LogP contribution in [0.4, 0.5) is 0 Å². The molecule has 1 aliphatic heterocycles. The maximum Gasteiger partial charge on any atom is 0.131 e. The van der Waals surface area contributed by atoms with Gasteiger partial charge in [0.25, 0.3) is 0 Å². The van der Waals surface area contributed by atoms with Gasteiger partial charge in [0, 0.05) is 36.5 Å². The van der Waals surface area contributed by atoms with Crippen molar-refractivity contribution < 1.29 is 0 Å². The highest BCUT2D eigenvalue weighted by molar-refractivity contribution is 5.08. The van der Waals surface area contributed by atoms with E-state index in [0.717, 1.165) is 38.3 Å². The smallest absolute Gasteiger partial charge is 0.131 e. The Morgan fingerprint density at radius 3 is 2.48 bits per heavy atom. The Labute approximate surface area is 128 Å². The van der Waals surface area contributed by atoms with Gasteiger partial charge in [-0.15, -0.1) is 0 Å². The first-order valence-corrected chi connectivity index (χ1v) is 8.60. The molecule has 1 unspecified atom stereocenters. The summed E-state index contributed by atoms with van der Waals surface area (Å²) in [6.07, 6.45) is 14.2. The third-order valence-electron chi connectivity index (χ3n) is 4.97. The zero-order valence-electron chi connectivity index (χ0n) is 13.0. The Hall–Kier alpha value is -1.00. The predicted molar refractivity (Wildman–Crippen MR) is 85.0 cm³/mol. The van der Waals surface area contributed by atoms with Crippen molar-refractivity contribution in [2.75, 3.05) is 13.1 Å². The lowest BCUT2D eigenvalue weighted by Gasteiger charge is -2.21. The normalized spacial score (nSPS) is 25.7. The average Bonchev–Trinajstić information content (AvgIpc) is 2.74. The molecule has 21 heavy (non-hydrogen) atoms. The molecule has 2 fully saturated rings. The van der Waals surface area contributed by atoms with E-state index in [9.17, 15) is 0 Å². The molecule has 1 aliphatic carbocycles. The third kappa shape index (κ3) is 4.24. The average molecular weight is 288 g/mol. The minimum absolute atomic E-state index is 0.389. The van der Waals surface area contributed by atoms with Crippen LogP contribution in [0, 0.1) is 0 Å². The van der Waals surface area contributed by atoms with E-state index in [1.807, 2.05) is 12.4 Å². The SMILES string of the molecule is NC1CCCN(Cc2cnc(C3CCCCC3)nc2)CC1. The summed E-state index contributed by atoms with van der Waals surface area (Å²) < 4.78 is 0. The fourth-order valence-electron chi connectivity index (χ4n) is 3.62. The Balaban J connectivity index is 1.56. The van der Waals surface area contributed by atoms with Crippen molar-refractivity contribution in [1.82, 2.24) is 14.9 Å². The molecular formula is C17H28N4. The number of nitrogens with zero attached hydrogens (tertiary/aromatic N) is 3. The van der Waals surface area contributed by atoms with Crippen LogP contribution in [0.1, 0.15) is 68.7 Å². The summed E-state index contributed by atoms with van der Waals surface area (Å²) >= 11 is 0. The highest BCUT2D eigenvalue weighted by Gasteiger charge is 2.18. The van der Waals surface area contributed by atoms with Crippen molar-refractivity contribution in [3.05, 3.63) is 23.8 Å². The van der Waals surface area contributed by atoms with Crippen LogP contribution in [0.25, 0.3) is 0 Å². The van der Waals surface area contributed by atoms with E-state index >= 15 is 0 Å². The fraction of sp³-hybridized carbons (Fsp3) is 0.765. The molecule has 2 heterocycles. The second-order valence-electron chi connectivity index (χ2n) is 6.75. The molecule has 1 aromatic rings. The number of likely N-dealkylation sites (tertiary alicyclic amines) is 1. The third-order valence-corrected chi connectivity index (χ3v) is 4.97. The summed E-state index contributed by atoms with van der Waals surface area (Å²) in [7, 11) is 0. The van der Waals surface area contributed by atoms with Crippen LogP contribution in [0.15, 0.2) is 12.4 Å². The highest BCUT2D eigenvalue weighted by atomic mass is 15.1. The zero-order chi connectivity index (χ0) is 14.5. The maximum atomic E-state index is 6.04. The van der Waals surface area contributed by atoms with E-state index in [-0.39, 0.29) is 0 Å². The van der Waals surface area contributed by atoms with Crippen molar-refractivity contribution in [1.29, 1.82) is 0 Å². The molecule has 3 rings (SSSR count). The van der Waals surface area contributed by atoms with Gasteiger partial charge in [-0.2, -0.15) is 0 Å². The Morgan fingerprint density at radius 2 is 1.71 bits per heavy atom. The van der Waals surface area contributed by atoms with Gasteiger partial charge in [-0.25, -0.2) is 9.97 Å². The van der Waals surface area contributed by atoms with Crippen molar-refractivity contribution in [2.24, 2.45) is 5.73 Å². The van der Waals surface area contributed by atoms with Crippen molar-refractivity contribution in [3.63, 3.8) is 0 Å². The largest absolute Gasteiger partial charge is 0.328 e. The van der Waals surface area contributed by atoms with Gasteiger partial charge >= 0.3 is 0 Å². The molecule has 1 atom stereocenters. The summed E-state index contributed by atoms with van der Waals surface area (Å²) in [5, 5.41) is 0. The molecule has 116 valence electrons. The van der Waals surface area contributed by atoms with Crippen LogP contribution in [0.5, 0.6) is 0 Å². The maximum absolute atomic E-state index is 6.04. The Kier molecular flexibility index (Phi) is 5.20. The van der Waals surface area contributed by atoms with Gasteiger partial charge < -0.3 is 5.73 Å². The van der Waals surface area contributed by atoms with E-state index in [0.29, 0.717) is 12.0 Å². The second kappa shape index (κ2) is 7.32. The quantitative estimate of drug-likeness (QED) is 0.929. The van der Waals surface area contributed by atoms with Crippen LogP contribution in [0.2, 0.25) is 0 Å². The molecule has 0 radical (unpaired) electrons. The first-order chi connectivity index (χ1) is 10.3. The molecule has 0 amide bonds. The second-order valence-corrected chi connectivity index (χ2v) is 6.75. The minimum Gasteiger partial charge on any atom is -0.328 e. The molecule has 0 aromatic carbocycles. The van der Waals surface area contributed by atoms with Gasteiger partial charge in [-0.05, 0) is 45.2 Å². The molecule has 2 N–H and O–H groups in total. The van der Waals surface area contributed by atoms with E-state index < -0.39 is 0 Å². The van der Waals surface area contributed by atoms with Crippen molar-refractivity contribution in [2.45, 2.75) is 69.9 Å². The van der Waals surface area contributed by atoms with Crippen molar-refractivity contribution in [3.8, 4) is 0 Å². The summed E-state index contributed by atoms with van der Waals surface area (Å²) in [5.74, 6) is 1.67. The molecule has 4 heteroatoms. The van der Waals surface area contributed by atoms with Crippen molar-refractivity contribution >= 4 is 0 Å². The predicted octanol–water partition coefficient (Wildman–Crippen LogP) is 2.84. The Morgan fingerprint density at radius 1 is 0.952 bits per heavy atom. The van der Waals surface area contributed by atoms with Crippen LogP contribution >= 0.6 is 0 Å². The zero-order valence-corrected chi connectivity index (χ0v) is 13.0. The molecule has 0 spiro atoms. The highest BCUT2D eigenvalue weighted by Crippen LogP contribution is 2.30. The molecular weight excluding hydrogens is 260 g/mol. The van der Waals surface area contributed by atoms with E-state index in [4.69, 9.17) is 5.73 Å². The monoisotopic (exact) mass is 288 g/mol. The molecule has 1 saturated carbocycles. The molecule has 1 saturated heterocycles. The lowest BCUT2D eigenvalue weighted by atomic mass is 9.89. The van der Waals surface area contributed by atoms with Gasteiger partial charge in [0.2, 0.25) is 0 Å². The molecule has 4 nitrogen and oxygen atoms in total. The van der Waals surface area contributed by atoms with Gasteiger partial charge in [0.1, 0.15) is 5.82 Å². The summed E-state index contributed by atoms with van der Waals surface area (Å²) in [4.78, 5) is 11.8. The number of hydrogen-bond acceptors (Lipinski definition) is 4. The molecule has 0 bridgehead atoms. The van der Waals surface area contributed by atoms with E-state index in [1.54, 1.807) is 0 Å². The number of hydrogen-bond donors (Lipinski definition) is 1. The van der Waals surface area contributed by atoms with Crippen LogP contribution < -0.4 is 5.73 Å². The van der Waals surface area contributed by atoms with E-state index in [1.165, 1.54) is 44.1 Å². The van der Waals surface area contributed by atoms with Crippen LogP contribution in [-0.4, -0.2) is 34.0 Å². The van der Waals surface area contributed by atoms with E-state index in [2.05, 4.69) is 14.9 Å². The summed E-state index contributed by atoms with van der Waals surface area (Å²) in [6, 6.07) is 0.389. The fourth-order valence-corrected chi connectivity index (χ4v) is 3.62. The van der Waals surface area contributed by atoms with Gasteiger partial charge in [0.15, 0.2) is 0 Å². The lowest BCUT2D eigenvalue weighted by Crippen LogP contribution is -2.26. The lowest BCUT2D eigenvalue weighted by molar-refractivity contribution is 0.275. The van der Waals surface area contributed by atoms with Gasteiger partial charge in [0.05, 0.1) is 0 Å². The first kappa shape index (κ1) is 14.9. The van der Waals surface area contributed by atoms with Gasteiger partial charge in [-0.1, -0.05) is 19.3 Å². The topological polar surface area (TPSA) is 55.0 Å². The number of nitrogens with two attached hydrogens (primary N) is 1. The van der Waals surface area contributed by atoms with Crippen LogP contribution in [-0.2, 0) is 6.54 Å². The molecule has 2 aliphatic rings. The minimum atomic E-state index is 0.389. The summed E-state index contributed by atoms with van der Waals surface area (Å²) in [5.41, 5.74) is 7.28.